The van der Waals surface area contributed by atoms with Gasteiger partial charge in [-0.3, -0.25) is 9.59 Å². The molecule has 0 saturated carbocycles. The molecule has 9 nitrogen and oxygen atoms in total. The van der Waals surface area contributed by atoms with Crippen LogP contribution in [0.1, 0.15) is 43.5 Å². The zero-order valence-corrected chi connectivity index (χ0v) is 20.9. The number of aliphatic hydroxyl groups is 2. The van der Waals surface area contributed by atoms with Gasteiger partial charge < -0.3 is 30.5 Å². The van der Waals surface area contributed by atoms with Gasteiger partial charge in [-0.1, -0.05) is 36.3 Å². The van der Waals surface area contributed by atoms with Crippen LogP contribution in [-0.4, -0.2) is 64.4 Å². The lowest BCUT2D eigenvalue weighted by molar-refractivity contribution is -0.142. The zero-order valence-electron chi connectivity index (χ0n) is 20.9. The van der Waals surface area contributed by atoms with Gasteiger partial charge in [-0.15, -0.1) is 6.42 Å². The number of nitrogens with zero attached hydrogens (tertiary/aromatic N) is 1. The van der Waals surface area contributed by atoms with Gasteiger partial charge in [0.2, 0.25) is 5.91 Å². The van der Waals surface area contributed by atoms with Crippen LogP contribution in [0.25, 0.3) is 0 Å². The van der Waals surface area contributed by atoms with Gasteiger partial charge in [0, 0.05) is 17.8 Å². The molecule has 2 rings (SSSR count). The first-order valence-electron chi connectivity index (χ1n) is 11.5. The summed E-state index contributed by atoms with van der Waals surface area (Å²) in [4.78, 5) is 40.4. The van der Waals surface area contributed by atoms with Crippen molar-refractivity contribution in [2.45, 2.75) is 45.4 Å². The molecule has 9 heteroatoms. The number of hydrogen-bond donors (Lipinski definition) is 4. The van der Waals surface area contributed by atoms with Crippen LogP contribution >= 0.6 is 0 Å². The molecule has 0 aliphatic heterocycles. The summed E-state index contributed by atoms with van der Waals surface area (Å²) >= 11 is 0. The quantitative estimate of drug-likeness (QED) is 0.396. The van der Waals surface area contributed by atoms with E-state index in [1.54, 1.807) is 57.2 Å². The number of amides is 3. The van der Waals surface area contributed by atoms with Crippen LogP contribution in [0.3, 0.4) is 0 Å². The van der Waals surface area contributed by atoms with E-state index in [0.29, 0.717) is 16.8 Å². The van der Waals surface area contributed by atoms with Crippen molar-refractivity contribution in [2.24, 2.45) is 0 Å². The summed E-state index contributed by atoms with van der Waals surface area (Å²) in [5.41, 5.74) is 1.54. The first kappa shape index (κ1) is 28.4. The Balaban J connectivity index is 2.46. The van der Waals surface area contributed by atoms with Crippen LogP contribution in [0.2, 0.25) is 0 Å². The maximum absolute atomic E-state index is 13.6. The van der Waals surface area contributed by atoms with Crippen LogP contribution in [0.15, 0.2) is 48.5 Å². The van der Waals surface area contributed by atoms with Crippen molar-refractivity contribution in [1.29, 1.82) is 0 Å². The maximum Gasteiger partial charge on any atom is 0.408 e. The minimum Gasteiger partial charge on any atom is -0.444 e. The Labute approximate surface area is 211 Å². The van der Waals surface area contributed by atoms with Crippen LogP contribution < -0.4 is 10.6 Å². The topological polar surface area (TPSA) is 128 Å². The molecule has 0 saturated heterocycles. The zero-order chi connectivity index (χ0) is 26.9. The fraction of sp³-hybridized carbons (Fsp3) is 0.370. The standard InChI is InChI=1S/C27H33N3O6/c1-6-19-11-13-20(14-12-19)23(24(33)28-21-10-8-7-9-18(21)2)30(15-16-31)25(34)22(17-32)29-26(35)36-27(3,4)5/h1,7-14,22-23,31-32H,15-17H2,2-5H3,(H,28,33)(H,29,35). The lowest BCUT2D eigenvalue weighted by Crippen LogP contribution is -2.54. The SMILES string of the molecule is C#Cc1ccc(C(C(=O)Nc2ccccc2C)N(CCO)C(=O)C(CO)NC(=O)OC(C)(C)C)cc1. The number of carbonyl (C=O) groups is 3. The monoisotopic (exact) mass is 495 g/mol. The number of nitrogens with one attached hydrogen (secondary N) is 2. The molecular weight excluding hydrogens is 462 g/mol. The smallest absolute Gasteiger partial charge is 0.408 e. The second-order valence-electron chi connectivity index (χ2n) is 9.11. The summed E-state index contributed by atoms with van der Waals surface area (Å²) in [6.45, 7) is 5.35. The van der Waals surface area contributed by atoms with E-state index in [1.165, 1.54) is 0 Å². The highest BCUT2D eigenvalue weighted by molar-refractivity contribution is 5.99. The third-order valence-corrected chi connectivity index (χ3v) is 5.15. The van der Waals surface area contributed by atoms with Gasteiger partial charge in [-0.05, 0) is 57.0 Å². The van der Waals surface area contributed by atoms with Gasteiger partial charge in [0.1, 0.15) is 17.7 Å². The fourth-order valence-electron chi connectivity index (χ4n) is 3.46. The van der Waals surface area contributed by atoms with Crippen molar-refractivity contribution in [1.82, 2.24) is 10.2 Å². The molecule has 2 aromatic rings. The molecule has 0 aromatic heterocycles. The number of aliphatic hydroxyl groups excluding tert-OH is 2. The minimum atomic E-state index is -1.41. The lowest BCUT2D eigenvalue weighted by atomic mass is 10.0. The summed E-state index contributed by atoms with van der Waals surface area (Å²) in [5, 5.41) is 24.8. The summed E-state index contributed by atoms with van der Waals surface area (Å²) in [5.74, 6) is 1.18. The normalized spacial score (nSPS) is 12.6. The number of benzene rings is 2. The summed E-state index contributed by atoms with van der Waals surface area (Å²) in [7, 11) is 0. The minimum absolute atomic E-state index is 0.242. The number of alkyl carbamates (subject to hydrolysis) is 1. The third-order valence-electron chi connectivity index (χ3n) is 5.15. The van der Waals surface area contributed by atoms with Gasteiger partial charge in [-0.25, -0.2) is 4.79 Å². The first-order chi connectivity index (χ1) is 17.0. The van der Waals surface area contributed by atoms with Crippen molar-refractivity contribution >= 4 is 23.6 Å². The first-order valence-corrected chi connectivity index (χ1v) is 11.5. The number of rotatable bonds is 9. The Kier molecular flexibility index (Phi) is 10.0. The molecule has 0 radical (unpaired) electrons. The Hall–Kier alpha value is -3.87. The van der Waals surface area contributed by atoms with E-state index in [2.05, 4.69) is 16.6 Å². The fourth-order valence-corrected chi connectivity index (χ4v) is 3.46. The Morgan fingerprint density at radius 1 is 1.08 bits per heavy atom. The number of para-hydroxylation sites is 1. The second kappa shape index (κ2) is 12.7. The largest absolute Gasteiger partial charge is 0.444 e. The van der Waals surface area contributed by atoms with Crippen LogP contribution in [0, 0.1) is 19.3 Å². The maximum atomic E-state index is 13.6. The van der Waals surface area contributed by atoms with Crippen molar-refractivity contribution in [3.05, 3.63) is 65.2 Å². The Bertz CT molecular complexity index is 1100. The average molecular weight is 496 g/mol. The van der Waals surface area contributed by atoms with E-state index in [4.69, 9.17) is 11.2 Å². The van der Waals surface area contributed by atoms with Crippen LogP contribution in [0.4, 0.5) is 10.5 Å². The highest BCUT2D eigenvalue weighted by Gasteiger charge is 2.36. The summed E-state index contributed by atoms with van der Waals surface area (Å²) in [6.07, 6.45) is 4.55. The molecule has 0 aliphatic carbocycles. The number of hydrogen-bond acceptors (Lipinski definition) is 6. The van der Waals surface area contributed by atoms with E-state index in [0.717, 1.165) is 10.5 Å². The molecule has 192 valence electrons. The number of aryl methyl sites for hydroxylation is 1. The van der Waals surface area contributed by atoms with Crippen LogP contribution in [-0.2, 0) is 14.3 Å². The molecule has 4 N–H and O–H groups in total. The van der Waals surface area contributed by atoms with Gasteiger partial charge in [0.25, 0.3) is 5.91 Å². The number of terminal acetylenes is 1. The van der Waals surface area contributed by atoms with E-state index < -0.39 is 48.8 Å². The Morgan fingerprint density at radius 3 is 2.25 bits per heavy atom. The number of anilines is 1. The predicted molar refractivity (Wildman–Crippen MR) is 136 cm³/mol. The van der Waals surface area contributed by atoms with Crippen LogP contribution in [0.5, 0.6) is 0 Å². The summed E-state index contributed by atoms with van der Waals surface area (Å²) < 4.78 is 5.19. The molecule has 2 unspecified atom stereocenters. The highest BCUT2D eigenvalue weighted by Crippen LogP contribution is 2.25. The lowest BCUT2D eigenvalue weighted by Gasteiger charge is -2.33. The second-order valence-corrected chi connectivity index (χ2v) is 9.11. The van der Waals surface area contributed by atoms with Gasteiger partial charge in [0.15, 0.2) is 0 Å². The molecule has 0 bridgehead atoms. The molecule has 2 atom stereocenters. The van der Waals surface area contributed by atoms with Crippen molar-refractivity contribution in [2.75, 3.05) is 25.1 Å². The van der Waals surface area contributed by atoms with E-state index in [9.17, 15) is 24.6 Å². The van der Waals surface area contributed by atoms with Gasteiger partial charge in [0.05, 0.1) is 13.2 Å². The van der Waals surface area contributed by atoms with E-state index in [1.807, 2.05) is 19.1 Å². The molecular formula is C27H33N3O6. The highest BCUT2D eigenvalue weighted by atomic mass is 16.6. The molecule has 0 heterocycles. The van der Waals surface area contributed by atoms with Crippen molar-refractivity contribution < 1.29 is 29.3 Å². The molecule has 0 aliphatic rings. The summed E-state index contributed by atoms with van der Waals surface area (Å²) in [6, 6.07) is 11.0. The number of carbonyl (C=O) groups excluding carboxylic acids is 3. The molecule has 2 aromatic carbocycles. The molecule has 0 spiro atoms. The predicted octanol–water partition coefficient (Wildman–Crippen LogP) is 2.36. The van der Waals surface area contributed by atoms with E-state index >= 15 is 0 Å². The Morgan fingerprint density at radius 2 is 1.72 bits per heavy atom. The average Bonchev–Trinajstić information content (AvgIpc) is 2.82. The third kappa shape index (κ3) is 7.83. The van der Waals surface area contributed by atoms with Crippen molar-refractivity contribution in [3.8, 4) is 12.3 Å². The van der Waals surface area contributed by atoms with Gasteiger partial charge >= 0.3 is 6.09 Å². The number of ether oxygens (including phenoxy) is 1. The molecule has 36 heavy (non-hydrogen) atoms. The molecule has 0 fully saturated rings. The molecule has 3 amide bonds. The van der Waals surface area contributed by atoms with Crippen molar-refractivity contribution in [3.63, 3.8) is 0 Å². The van der Waals surface area contributed by atoms with Gasteiger partial charge in [-0.2, -0.15) is 0 Å². The van der Waals surface area contributed by atoms with E-state index in [-0.39, 0.29) is 6.54 Å².